The van der Waals surface area contributed by atoms with Crippen molar-refractivity contribution in [3.8, 4) is 0 Å². The minimum atomic E-state index is 0.617. The zero-order valence-corrected chi connectivity index (χ0v) is 11.5. The van der Waals surface area contributed by atoms with Crippen LogP contribution in [0.1, 0.15) is 33.1 Å². The molecule has 100 valence electrons. The second-order valence-electron chi connectivity index (χ2n) is 6.04. The highest BCUT2D eigenvalue weighted by molar-refractivity contribution is 4.78. The average molecular weight is 240 g/mol. The number of hydrogen-bond acceptors (Lipinski definition) is 3. The van der Waals surface area contributed by atoms with E-state index in [-0.39, 0.29) is 0 Å². The van der Waals surface area contributed by atoms with Gasteiger partial charge in [-0.3, -0.25) is 0 Å². The monoisotopic (exact) mass is 240 g/mol. The zero-order valence-electron chi connectivity index (χ0n) is 11.5. The summed E-state index contributed by atoms with van der Waals surface area (Å²) >= 11 is 0. The van der Waals surface area contributed by atoms with E-state index in [1.54, 1.807) is 0 Å². The van der Waals surface area contributed by atoms with Crippen molar-refractivity contribution >= 4 is 0 Å². The van der Waals surface area contributed by atoms with Gasteiger partial charge in [-0.05, 0) is 44.2 Å². The molecule has 1 aliphatic heterocycles. The molecule has 0 spiro atoms. The van der Waals surface area contributed by atoms with E-state index < -0.39 is 0 Å². The van der Waals surface area contributed by atoms with Crippen LogP contribution in [0.25, 0.3) is 0 Å². The predicted molar refractivity (Wildman–Crippen MR) is 71.2 cm³/mol. The molecule has 2 rings (SSSR count). The number of nitrogens with one attached hydrogen (secondary N) is 1. The minimum Gasteiger partial charge on any atom is -0.380 e. The smallest absolute Gasteiger partial charge is 0.0593 e. The van der Waals surface area contributed by atoms with Crippen LogP contribution in [0.3, 0.4) is 0 Å². The van der Waals surface area contributed by atoms with Crippen LogP contribution >= 0.6 is 0 Å². The van der Waals surface area contributed by atoms with Crippen LogP contribution in [0, 0.1) is 11.8 Å². The fourth-order valence-corrected chi connectivity index (χ4v) is 2.41. The third-order valence-electron chi connectivity index (χ3n) is 3.79. The van der Waals surface area contributed by atoms with Crippen LogP contribution in [0.4, 0.5) is 0 Å². The molecule has 3 nitrogen and oxygen atoms in total. The molecular weight excluding hydrogens is 212 g/mol. The van der Waals surface area contributed by atoms with Gasteiger partial charge in [0.2, 0.25) is 0 Å². The summed E-state index contributed by atoms with van der Waals surface area (Å²) in [7, 11) is 0. The van der Waals surface area contributed by atoms with Crippen LogP contribution in [0.2, 0.25) is 0 Å². The van der Waals surface area contributed by atoms with Gasteiger partial charge in [-0.2, -0.15) is 0 Å². The Morgan fingerprint density at radius 1 is 1.24 bits per heavy atom. The van der Waals surface area contributed by atoms with E-state index >= 15 is 0 Å². The lowest BCUT2D eigenvalue weighted by molar-refractivity contribution is 0.102. The van der Waals surface area contributed by atoms with Crippen LogP contribution in [-0.4, -0.2) is 50.3 Å². The van der Waals surface area contributed by atoms with E-state index in [4.69, 9.17) is 4.74 Å². The summed E-state index contributed by atoms with van der Waals surface area (Å²) in [6.45, 7) is 11.2. The Labute approximate surface area is 106 Å². The van der Waals surface area contributed by atoms with E-state index in [0.717, 1.165) is 31.6 Å². The Balaban J connectivity index is 1.48. The normalized spacial score (nSPS) is 25.9. The summed E-state index contributed by atoms with van der Waals surface area (Å²) in [5.74, 6) is 1.75. The van der Waals surface area contributed by atoms with Gasteiger partial charge < -0.3 is 15.0 Å². The largest absolute Gasteiger partial charge is 0.380 e. The van der Waals surface area contributed by atoms with Crippen molar-refractivity contribution < 1.29 is 4.74 Å². The molecule has 2 aliphatic rings. The molecule has 1 N–H and O–H groups in total. The summed E-state index contributed by atoms with van der Waals surface area (Å²) in [5, 5.41) is 3.54. The lowest BCUT2D eigenvalue weighted by atomic mass is 10.1. The second-order valence-corrected chi connectivity index (χ2v) is 6.04. The van der Waals surface area contributed by atoms with Gasteiger partial charge in [0.1, 0.15) is 0 Å². The van der Waals surface area contributed by atoms with Crippen molar-refractivity contribution in [3.05, 3.63) is 0 Å². The van der Waals surface area contributed by atoms with E-state index in [0.29, 0.717) is 6.04 Å². The van der Waals surface area contributed by atoms with Gasteiger partial charge in [-0.25, -0.2) is 0 Å². The summed E-state index contributed by atoms with van der Waals surface area (Å²) < 4.78 is 5.70. The molecular formula is C14H28N2O. The molecule has 1 unspecified atom stereocenters. The Hall–Kier alpha value is -0.120. The summed E-state index contributed by atoms with van der Waals surface area (Å²) in [5.41, 5.74) is 0. The maximum absolute atomic E-state index is 5.70. The lowest BCUT2D eigenvalue weighted by Crippen LogP contribution is -2.31. The first-order valence-electron chi connectivity index (χ1n) is 7.27. The van der Waals surface area contributed by atoms with E-state index in [2.05, 4.69) is 24.1 Å². The quantitative estimate of drug-likeness (QED) is 0.654. The standard InChI is InChI=1S/C14H28N2O/c1-12(2)15-9-14-5-6-16(10-14)7-8-17-11-13-3-4-13/h12-15H,3-11H2,1-2H3. The Bertz CT molecular complexity index is 216. The van der Waals surface area contributed by atoms with Gasteiger partial charge in [-0.15, -0.1) is 0 Å². The van der Waals surface area contributed by atoms with Gasteiger partial charge in [0.15, 0.2) is 0 Å². The summed E-state index contributed by atoms with van der Waals surface area (Å²) in [6, 6.07) is 0.617. The highest BCUT2D eigenvalue weighted by Gasteiger charge is 2.23. The average Bonchev–Trinajstić information content (AvgIpc) is 3.01. The number of nitrogens with zero attached hydrogens (tertiary/aromatic N) is 1. The molecule has 2 fully saturated rings. The van der Waals surface area contributed by atoms with Crippen molar-refractivity contribution in [2.75, 3.05) is 39.4 Å². The number of likely N-dealkylation sites (tertiary alicyclic amines) is 1. The molecule has 0 radical (unpaired) electrons. The molecule has 1 aliphatic carbocycles. The van der Waals surface area contributed by atoms with Crippen molar-refractivity contribution in [2.24, 2.45) is 11.8 Å². The third kappa shape index (κ3) is 5.36. The first-order valence-corrected chi connectivity index (χ1v) is 7.27. The second kappa shape index (κ2) is 6.72. The van der Waals surface area contributed by atoms with Gasteiger partial charge >= 0.3 is 0 Å². The number of rotatable bonds is 8. The zero-order chi connectivity index (χ0) is 12.1. The fraction of sp³-hybridized carbons (Fsp3) is 1.00. The van der Waals surface area contributed by atoms with E-state index in [1.807, 2.05) is 0 Å². The first kappa shape index (κ1) is 13.3. The molecule has 0 amide bonds. The molecule has 0 aromatic carbocycles. The van der Waals surface area contributed by atoms with Gasteiger partial charge in [-0.1, -0.05) is 13.8 Å². The molecule has 0 aromatic heterocycles. The molecule has 17 heavy (non-hydrogen) atoms. The third-order valence-corrected chi connectivity index (χ3v) is 3.79. The van der Waals surface area contributed by atoms with E-state index in [1.165, 1.54) is 38.9 Å². The van der Waals surface area contributed by atoms with Crippen LogP contribution < -0.4 is 5.32 Å². The van der Waals surface area contributed by atoms with Crippen LogP contribution in [-0.2, 0) is 4.74 Å². The molecule has 1 heterocycles. The molecule has 1 atom stereocenters. The Morgan fingerprint density at radius 3 is 2.76 bits per heavy atom. The lowest BCUT2D eigenvalue weighted by Gasteiger charge is -2.17. The van der Waals surface area contributed by atoms with Crippen molar-refractivity contribution in [1.29, 1.82) is 0 Å². The van der Waals surface area contributed by atoms with Crippen LogP contribution in [0.15, 0.2) is 0 Å². The molecule has 0 aromatic rings. The molecule has 3 heteroatoms. The summed E-state index contributed by atoms with van der Waals surface area (Å²) in [6.07, 6.45) is 4.14. The van der Waals surface area contributed by atoms with Crippen molar-refractivity contribution in [2.45, 2.75) is 39.2 Å². The first-order chi connectivity index (χ1) is 8.24. The SMILES string of the molecule is CC(C)NCC1CCN(CCOCC2CC2)C1. The van der Waals surface area contributed by atoms with Gasteiger partial charge in [0.25, 0.3) is 0 Å². The van der Waals surface area contributed by atoms with Gasteiger partial charge in [0, 0.05) is 25.7 Å². The van der Waals surface area contributed by atoms with E-state index in [9.17, 15) is 0 Å². The fourth-order valence-electron chi connectivity index (χ4n) is 2.41. The maximum Gasteiger partial charge on any atom is 0.0593 e. The Kier molecular flexibility index (Phi) is 5.26. The van der Waals surface area contributed by atoms with Gasteiger partial charge in [0.05, 0.1) is 6.61 Å². The Morgan fingerprint density at radius 2 is 2.06 bits per heavy atom. The topological polar surface area (TPSA) is 24.5 Å². The molecule has 1 saturated carbocycles. The number of ether oxygens (including phenoxy) is 1. The molecule has 1 saturated heterocycles. The number of hydrogen-bond donors (Lipinski definition) is 1. The summed E-state index contributed by atoms with van der Waals surface area (Å²) in [4.78, 5) is 2.56. The van der Waals surface area contributed by atoms with Crippen molar-refractivity contribution in [1.82, 2.24) is 10.2 Å². The predicted octanol–water partition coefficient (Wildman–Crippen LogP) is 1.73. The minimum absolute atomic E-state index is 0.617. The molecule has 0 bridgehead atoms. The van der Waals surface area contributed by atoms with Crippen LogP contribution in [0.5, 0.6) is 0 Å². The van der Waals surface area contributed by atoms with Crippen molar-refractivity contribution in [3.63, 3.8) is 0 Å². The highest BCUT2D eigenvalue weighted by atomic mass is 16.5. The maximum atomic E-state index is 5.70. The highest BCUT2D eigenvalue weighted by Crippen LogP contribution is 2.28.